The van der Waals surface area contributed by atoms with Crippen LogP contribution in [0, 0.1) is 11.3 Å². The Morgan fingerprint density at radius 2 is 1.88 bits per heavy atom. The first-order valence-corrected chi connectivity index (χ1v) is 5.65. The van der Waals surface area contributed by atoms with Crippen molar-refractivity contribution in [2.75, 3.05) is 13.2 Å². The van der Waals surface area contributed by atoms with E-state index in [4.69, 9.17) is 9.47 Å². The second-order valence-corrected chi connectivity index (χ2v) is 4.41. The zero-order valence-corrected chi connectivity index (χ0v) is 9.03. The van der Waals surface area contributed by atoms with Crippen LogP contribution in [0.1, 0.15) is 24.8 Å². The molecule has 1 aromatic rings. The molecule has 1 fully saturated rings. The van der Waals surface area contributed by atoms with Crippen molar-refractivity contribution in [3.63, 3.8) is 0 Å². The number of benzene rings is 1. The lowest BCUT2D eigenvalue weighted by Gasteiger charge is -2.36. The molecule has 0 radical (unpaired) electrons. The van der Waals surface area contributed by atoms with Crippen molar-refractivity contribution in [3.8, 4) is 17.6 Å². The Morgan fingerprint density at radius 3 is 2.50 bits per heavy atom. The molecule has 0 bridgehead atoms. The van der Waals surface area contributed by atoms with Gasteiger partial charge in [-0.3, -0.25) is 0 Å². The van der Waals surface area contributed by atoms with Gasteiger partial charge in [0.05, 0.1) is 11.5 Å². The highest BCUT2D eigenvalue weighted by atomic mass is 16.6. The minimum atomic E-state index is -0.268. The third-order valence-electron chi connectivity index (χ3n) is 3.52. The van der Waals surface area contributed by atoms with Crippen LogP contribution in [0.2, 0.25) is 0 Å². The van der Waals surface area contributed by atoms with E-state index in [9.17, 15) is 5.26 Å². The maximum atomic E-state index is 9.27. The summed E-state index contributed by atoms with van der Waals surface area (Å²) >= 11 is 0. The minimum Gasteiger partial charge on any atom is -0.486 e. The van der Waals surface area contributed by atoms with Crippen molar-refractivity contribution >= 4 is 0 Å². The molecule has 3 nitrogen and oxygen atoms in total. The third kappa shape index (κ3) is 1.26. The molecule has 82 valence electrons. The van der Waals surface area contributed by atoms with Crippen LogP contribution in [-0.2, 0) is 5.41 Å². The average Bonchev–Trinajstić information content (AvgIpc) is 2.28. The van der Waals surface area contributed by atoms with E-state index < -0.39 is 0 Å². The van der Waals surface area contributed by atoms with Crippen molar-refractivity contribution in [2.24, 2.45) is 0 Å². The lowest BCUT2D eigenvalue weighted by atomic mass is 9.65. The van der Waals surface area contributed by atoms with E-state index in [1.807, 2.05) is 18.2 Å². The molecule has 1 aliphatic carbocycles. The summed E-state index contributed by atoms with van der Waals surface area (Å²) in [6, 6.07) is 8.32. The number of nitrogens with zero attached hydrogens (tertiary/aromatic N) is 1. The molecular formula is C13H13NO2. The molecule has 0 spiro atoms. The number of hydrogen-bond acceptors (Lipinski definition) is 3. The normalized spacial score (nSPS) is 20.7. The Morgan fingerprint density at radius 1 is 1.12 bits per heavy atom. The number of fused-ring (bicyclic) bond motifs is 1. The molecule has 0 saturated heterocycles. The summed E-state index contributed by atoms with van der Waals surface area (Å²) in [7, 11) is 0. The van der Waals surface area contributed by atoms with Gasteiger partial charge >= 0.3 is 0 Å². The maximum absolute atomic E-state index is 9.27. The van der Waals surface area contributed by atoms with Crippen molar-refractivity contribution in [3.05, 3.63) is 23.8 Å². The molecule has 2 aliphatic rings. The van der Waals surface area contributed by atoms with Gasteiger partial charge in [-0.1, -0.05) is 6.07 Å². The quantitative estimate of drug-likeness (QED) is 0.722. The third-order valence-corrected chi connectivity index (χ3v) is 3.52. The molecule has 0 N–H and O–H groups in total. The summed E-state index contributed by atoms with van der Waals surface area (Å²) in [6.45, 7) is 1.20. The van der Waals surface area contributed by atoms with Crippen LogP contribution in [-0.4, -0.2) is 13.2 Å². The molecule has 1 heterocycles. The van der Waals surface area contributed by atoms with Gasteiger partial charge in [0.1, 0.15) is 13.2 Å². The van der Waals surface area contributed by atoms with Gasteiger partial charge in [0, 0.05) is 0 Å². The number of hydrogen-bond donors (Lipinski definition) is 0. The monoisotopic (exact) mass is 215 g/mol. The zero-order chi connectivity index (χ0) is 11.0. The smallest absolute Gasteiger partial charge is 0.161 e. The Bertz CT molecular complexity index is 457. The second kappa shape index (κ2) is 3.41. The Balaban J connectivity index is 2.00. The van der Waals surface area contributed by atoms with E-state index in [2.05, 4.69) is 6.07 Å². The van der Waals surface area contributed by atoms with E-state index in [-0.39, 0.29) is 5.41 Å². The molecule has 1 aliphatic heterocycles. The standard InChI is InChI=1S/C13H13NO2/c14-9-13(4-1-5-13)10-2-3-11-12(8-10)16-7-6-15-11/h2-3,8H,1,4-7H2. The van der Waals surface area contributed by atoms with Crippen LogP contribution in [0.4, 0.5) is 0 Å². The largest absolute Gasteiger partial charge is 0.486 e. The van der Waals surface area contributed by atoms with Gasteiger partial charge in [-0.2, -0.15) is 5.26 Å². The number of ether oxygens (including phenoxy) is 2. The Kier molecular flexibility index (Phi) is 2.03. The van der Waals surface area contributed by atoms with Gasteiger partial charge in [0.25, 0.3) is 0 Å². The molecular weight excluding hydrogens is 202 g/mol. The summed E-state index contributed by atoms with van der Waals surface area (Å²) in [5.41, 5.74) is 0.807. The van der Waals surface area contributed by atoms with Gasteiger partial charge in [0.2, 0.25) is 0 Å². The van der Waals surface area contributed by atoms with Crippen LogP contribution in [0.15, 0.2) is 18.2 Å². The predicted octanol–water partition coefficient (Wildman–Crippen LogP) is 2.40. The van der Waals surface area contributed by atoms with Crippen molar-refractivity contribution in [1.29, 1.82) is 5.26 Å². The zero-order valence-electron chi connectivity index (χ0n) is 9.03. The first-order chi connectivity index (χ1) is 7.84. The molecule has 3 rings (SSSR count). The van der Waals surface area contributed by atoms with Crippen LogP contribution < -0.4 is 9.47 Å². The molecule has 16 heavy (non-hydrogen) atoms. The highest BCUT2D eigenvalue weighted by Crippen LogP contribution is 2.45. The first kappa shape index (κ1) is 9.53. The highest BCUT2D eigenvalue weighted by molar-refractivity contribution is 5.48. The fraction of sp³-hybridized carbons (Fsp3) is 0.462. The Labute approximate surface area is 94.6 Å². The summed E-state index contributed by atoms with van der Waals surface area (Å²) in [4.78, 5) is 0. The number of nitriles is 1. The topological polar surface area (TPSA) is 42.2 Å². The molecule has 0 amide bonds. The predicted molar refractivity (Wildman–Crippen MR) is 58.6 cm³/mol. The fourth-order valence-electron chi connectivity index (χ4n) is 2.34. The fourth-order valence-corrected chi connectivity index (χ4v) is 2.34. The van der Waals surface area contributed by atoms with Gasteiger partial charge in [-0.25, -0.2) is 0 Å². The van der Waals surface area contributed by atoms with Gasteiger partial charge in [-0.15, -0.1) is 0 Å². The average molecular weight is 215 g/mol. The molecule has 1 aromatic carbocycles. The summed E-state index contributed by atoms with van der Waals surface area (Å²) in [5, 5.41) is 9.27. The van der Waals surface area contributed by atoms with Crippen molar-refractivity contribution in [1.82, 2.24) is 0 Å². The molecule has 0 unspecified atom stereocenters. The van der Waals surface area contributed by atoms with E-state index in [1.54, 1.807) is 0 Å². The van der Waals surface area contributed by atoms with Crippen LogP contribution in [0.5, 0.6) is 11.5 Å². The Hall–Kier alpha value is -1.69. The highest BCUT2D eigenvalue weighted by Gasteiger charge is 2.39. The van der Waals surface area contributed by atoms with Crippen LogP contribution >= 0.6 is 0 Å². The molecule has 1 saturated carbocycles. The second-order valence-electron chi connectivity index (χ2n) is 4.41. The number of rotatable bonds is 1. The van der Waals surface area contributed by atoms with E-state index in [1.165, 1.54) is 0 Å². The van der Waals surface area contributed by atoms with Gasteiger partial charge < -0.3 is 9.47 Å². The summed E-state index contributed by atoms with van der Waals surface area (Å²) in [6.07, 6.45) is 3.06. The maximum Gasteiger partial charge on any atom is 0.161 e. The van der Waals surface area contributed by atoms with Gasteiger partial charge in [0.15, 0.2) is 11.5 Å². The van der Waals surface area contributed by atoms with E-state index in [0.717, 1.165) is 36.3 Å². The molecule has 0 aromatic heterocycles. The van der Waals surface area contributed by atoms with Crippen LogP contribution in [0.3, 0.4) is 0 Å². The SMILES string of the molecule is N#CC1(c2ccc3c(c2)OCCO3)CCC1. The molecule has 3 heteroatoms. The van der Waals surface area contributed by atoms with Crippen molar-refractivity contribution in [2.45, 2.75) is 24.7 Å². The summed E-state index contributed by atoms with van der Waals surface area (Å²) in [5.74, 6) is 1.58. The van der Waals surface area contributed by atoms with Gasteiger partial charge in [-0.05, 0) is 37.0 Å². The van der Waals surface area contributed by atoms with E-state index in [0.29, 0.717) is 13.2 Å². The van der Waals surface area contributed by atoms with Crippen LogP contribution in [0.25, 0.3) is 0 Å². The first-order valence-electron chi connectivity index (χ1n) is 5.65. The minimum absolute atomic E-state index is 0.268. The lowest BCUT2D eigenvalue weighted by molar-refractivity contribution is 0.170. The van der Waals surface area contributed by atoms with Crippen molar-refractivity contribution < 1.29 is 9.47 Å². The van der Waals surface area contributed by atoms with E-state index >= 15 is 0 Å². The summed E-state index contributed by atoms with van der Waals surface area (Å²) < 4.78 is 11.0. The lowest BCUT2D eigenvalue weighted by Crippen LogP contribution is -2.32. The molecule has 0 atom stereocenters.